The average molecular weight is 545 g/mol. The maximum atomic E-state index is 5.91. The fourth-order valence-electron chi connectivity index (χ4n) is 3.20. The monoisotopic (exact) mass is 544 g/mol. The molecular weight excluding hydrogens is 515 g/mol. The van der Waals surface area contributed by atoms with Crippen LogP contribution in [0.2, 0.25) is 5.02 Å². The Balaban J connectivity index is 0.00000320. The molecule has 2 N–H and O–H groups in total. The lowest BCUT2D eigenvalue weighted by molar-refractivity contribution is 0.122. The zero-order chi connectivity index (χ0) is 20.5. The summed E-state index contributed by atoms with van der Waals surface area (Å²) in [6, 6.07) is 15.9. The first kappa shape index (κ1) is 24.6. The fraction of sp³-hybridized carbons (Fsp3) is 0.409. The van der Waals surface area contributed by atoms with Crippen LogP contribution < -0.4 is 20.3 Å². The summed E-state index contributed by atoms with van der Waals surface area (Å²) < 4.78 is 11.4. The summed E-state index contributed by atoms with van der Waals surface area (Å²) in [7, 11) is 1.77. The van der Waals surface area contributed by atoms with Gasteiger partial charge < -0.3 is 25.0 Å². The molecule has 2 aromatic rings. The molecule has 164 valence electrons. The van der Waals surface area contributed by atoms with Crippen LogP contribution in [0.5, 0.6) is 5.75 Å². The molecule has 0 radical (unpaired) electrons. The van der Waals surface area contributed by atoms with E-state index in [-0.39, 0.29) is 30.1 Å². The van der Waals surface area contributed by atoms with Gasteiger partial charge in [0, 0.05) is 37.4 Å². The van der Waals surface area contributed by atoms with Crippen LogP contribution in [0.3, 0.4) is 0 Å². The normalized spacial score (nSPS) is 15.2. The second kappa shape index (κ2) is 12.9. The van der Waals surface area contributed by atoms with Crippen molar-refractivity contribution in [2.45, 2.75) is 19.6 Å². The molecule has 0 spiro atoms. The highest BCUT2D eigenvalue weighted by molar-refractivity contribution is 14.0. The predicted molar refractivity (Wildman–Crippen MR) is 135 cm³/mol. The molecule has 1 atom stereocenters. The average Bonchev–Trinajstić information content (AvgIpc) is 2.76. The first-order valence-electron chi connectivity index (χ1n) is 9.93. The number of rotatable bonds is 7. The van der Waals surface area contributed by atoms with Gasteiger partial charge in [-0.05, 0) is 42.8 Å². The quantitative estimate of drug-likeness (QED) is 0.314. The largest absolute Gasteiger partial charge is 0.489 e. The van der Waals surface area contributed by atoms with Crippen LogP contribution in [0.1, 0.15) is 12.5 Å². The minimum Gasteiger partial charge on any atom is -0.489 e. The molecule has 1 heterocycles. The van der Waals surface area contributed by atoms with Crippen LogP contribution >= 0.6 is 35.6 Å². The molecule has 0 saturated carbocycles. The summed E-state index contributed by atoms with van der Waals surface area (Å²) in [5, 5.41) is 7.42. The van der Waals surface area contributed by atoms with Gasteiger partial charge in [0.2, 0.25) is 0 Å². The molecule has 0 aliphatic carbocycles. The lowest BCUT2D eigenvalue weighted by atomic mass is 10.1. The lowest BCUT2D eigenvalue weighted by Crippen LogP contribution is -2.42. The second-order valence-corrected chi connectivity index (χ2v) is 7.35. The lowest BCUT2D eigenvalue weighted by Gasteiger charge is -2.30. The molecule has 6 nitrogen and oxygen atoms in total. The molecule has 1 saturated heterocycles. The number of benzene rings is 2. The number of halogens is 2. The Hall–Kier alpha value is -1.71. The van der Waals surface area contributed by atoms with Crippen molar-refractivity contribution in [2.75, 3.05) is 44.8 Å². The van der Waals surface area contributed by atoms with Crippen molar-refractivity contribution >= 4 is 47.2 Å². The maximum absolute atomic E-state index is 5.91. The van der Waals surface area contributed by atoms with Crippen LogP contribution in [-0.4, -0.2) is 52.0 Å². The van der Waals surface area contributed by atoms with Gasteiger partial charge in [0.05, 0.1) is 19.8 Å². The van der Waals surface area contributed by atoms with Gasteiger partial charge in [-0.25, -0.2) is 0 Å². The standard InChI is InChI=1S/C22H29ClN4O2.HI/c1-17(29-20-9-7-19(23)8-10-20)15-25-22(24-2)26-16-18-5-3-4-6-21(18)27-11-13-28-14-12-27;/h3-10,17H,11-16H2,1-2H3,(H2,24,25,26);1H. The zero-order valence-corrected chi connectivity index (χ0v) is 20.5. The smallest absolute Gasteiger partial charge is 0.191 e. The Kier molecular flexibility index (Phi) is 10.5. The van der Waals surface area contributed by atoms with Crippen molar-refractivity contribution < 1.29 is 9.47 Å². The van der Waals surface area contributed by atoms with Crippen LogP contribution in [0.15, 0.2) is 53.5 Å². The molecule has 1 fully saturated rings. The number of aliphatic imine (C=N–C) groups is 1. The molecule has 1 aliphatic rings. The van der Waals surface area contributed by atoms with E-state index < -0.39 is 0 Å². The highest BCUT2D eigenvalue weighted by Gasteiger charge is 2.14. The molecule has 0 bridgehead atoms. The van der Waals surface area contributed by atoms with Crippen LogP contribution in [0.4, 0.5) is 5.69 Å². The molecule has 2 aromatic carbocycles. The van der Waals surface area contributed by atoms with E-state index in [2.05, 4.69) is 44.8 Å². The highest BCUT2D eigenvalue weighted by Crippen LogP contribution is 2.21. The molecule has 1 unspecified atom stereocenters. The number of nitrogens with zero attached hydrogens (tertiary/aromatic N) is 2. The summed E-state index contributed by atoms with van der Waals surface area (Å²) in [5.74, 6) is 1.54. The minimum absolute atomic E-state index is 0. The first-order valence-corrected chi connectivity index (χ1v) is 10.3. The first-order chi connectivity index (χ1) is 14.2. The van der Waals surface area contributed by atoms with Crippen LogP contribution in [0.25, 0.3) is 0 Å². The number of morpholine rings is 1. The molecule has 8 heteroatoms. The summed E-state index contributed by atoms with van der Waals surface area (Å²) >= 11 is 5.91. The SMILES string of the molecule is CN=C(NCc1ccccc1N1CCOCC1)NCC(C)Oc1ccc(Cl)cc1.I. The van der Waals surface area contributed by atoms with Crippen LogP contribution in [-0.2, 0) is 11.3 Å². The summed E-state index contributed by atoms with van der Waals surface area (Å²) in [6.45, 7) is 6.73. The third kappa shape index (κ3) is 7.52. The third-order valence-electron chi connectivity index (χ3n) is 4.72. The van der Waals surface area contributed by atoms with Gasteiger partial charge in [0.15, 0.2) is 5.96 Å². The van der Waals surface area contributed by atoms with Gasteiger partial charge in [-0.2, -0.15) is 0 Å². The van der Waals surface area contributed by atoms with Crippen molar-refractivity contribution in [2.24, 2.45) is 4.99 Å². The number of para-hydroxylation sites is 1. The molecule has 30 heavy (non-hydrogen) atoms. The third-order valence-corrected chi connectivity index (χ3v) is 4.97. The van der Waals surface area contributed by atoms with Crippen molar-refractivity contribution in [1.82, 2.24) is 10.6 Å². The van der Waals surface area contributed by atoms with E-state index in [1.165, 1.54) is 11.3 Å². The Morgan fingerprint density at radius 3 is 2.53 bits per heavy atom. The molecular formula is C22H30ClIN4O2. The Morgan fingerprint density at radius 1 is 1.13 bits per heavy atom. The fourth-order valence-corrected chi connectivity index (χ4v) is 3.33. The van der Waals surface area contributed by atoms with Gasteiger partial charge in [0.25, 0.3) is 0 Å². The number of anilines is 1. The van der Waals surface area contributed by atoms with Gasteiger partial charge in [-0.3, -0.25) is 4.99 Å². The van der Waals surface area contributed by atoms with Gasteiger partial charge in [0.1, 0.15) is 11.9 Å². The molecule has 3 rings (SSSR count). The van der Waals surface area contributed by atoms with E-state index in [0.717, 1.165) is 38.0 Å². The molecule has 0 amide bonds. The highest BCUT2D eigenvalue weighted by atomic mass is 127. The van der Waals surface area contributed by atoms with Crippen molar-refractivity contribution in [3.63, 3.8) is 0 Å². The Bertz CT molecular complexity index is 798. The molecule has 0 aromatic heterocycles. The summed E-state index contributed by atoms with van der Waals surface area (Å²) in [5.41, 5.74) is 2.49. The number of hydrogen-bond acceptors (Lipinski definition) is 4. The number of nitrogens with one attached hydrogen (secondary N) is 2. The summed E-state index contributed by atoms with van der Waals surface area (Å²) in [6.07, 6.45) is -0.0182. The topological polar surface area (TPSA) is 58.1 Å². The van der Waals surface area contributed by atoms with Crippen molar-refractivity contribution in [3.05, 3.63) is 59.1 Å². The van der Waals surface area contributed by atoms with E-state index in [9.17, 15) is 0 Å². The number of guanidine groups is 1. The zero-order valence-electron chi connectivity index (χ0n) is 17.4. The minimum atomic E-state index is -0.0182. The maximum Gasteiger partial charge on any atom is 0.191 e. The van der Waals surface area contributed by atoms with Crippen LogP contribution in [0, 0.1) is 0 Å². The van der Waals surface area contributed by atoms with Gasteiger partial charge >= 0.3 is 0 Å². The number of ether oxygens (including phenoxy) is 2. The predicted octanol–water partition coefficient (Wildman–Crippen LogP) is 3.93. The molecule has 1 aliphatic heterocycles. The Morgan fingerprint density at radius 2 is 1.83 bits per heavy atom. The van der Waals surface area contributed by atoms with Crippen molar-refractivity contribution in [1.29, 1.82) is 0 Å². The second-order valence-electron chi connectivity index (χ2n) is 6.92. The van der Waals surface area contributed by atoms with Gasteiger partial charge in [-0.15, -0.1) is 24.0 Å². The summed E-state index contributed by atoms with van der Waals surface area (Å²) in [4.78, 5) is 6.70. The van der Waals surface area contributed by atoms with E-state index in [0.29, 0.717) is 18.1 Å². The van der Waals surface area contributed by atoms with E-state index >= 15 is 0 Å². The van der Waals surface area contributed by atoms with E-state index in [1.54, 1.807) is 7.05 Å². The van der Waals surface area contributed by atoms with Crippen molar-refractivity contribution in [3.8, 4) is 5.75 Å². The van der Waals surface area contributed by atoms with E-state index in [1.807, 2.05) is 31.2 Å². The number of hydrogen-bond donors (Lipinski definition) is 2. The Labute approximate surface area is 201 Å². The van der Waals surface area contributed by atoms with E-state index in [4.69, 9.17) is 21.1 Å². The van der Waals surface area contributed by atoms with Gasteiger partial charge in [-0.1, -0.05) is 29.8 Å².